The summed E-state index contributed by atoms with van der Waals surface area (Å²) in [5, 5.41) is 26.2. The number of H-pyrrole nitrogens is 1. The molecule has 446 valence electrons. The predicted molar refractivity (Wildman–Crippen MR) is 294 cm³/mol. The van der Waals surface area contributed by atoms with Gasteiger partial charge in [0, 0.05) is 56.8 Å². The van der Waals surface area contributed by atoms with Crippen LogP contribution in [0.15, 0.2) is 22.5 Å². The summed E-state index contributed by atoms with van der Waals surface area (Å²) in [7, 11) is 0. The van der Waals surface area contributed by atoms with E-state index in [2.05, 4.69) is 51.9 Å². The van der Waals surface area contributed by atoms with Crippen molar-refractivity contribution >= 4 is 65.0 Å². The molecule has 31 nitrogen and oxygen atoms in total. The number of imidazole rings is 1. The molecule has 1 aromatic heterocycles. The summed E-state index contributed by atoms with van der Waals surface area (Å²) in [4.78, 5) is 139. The van der Waals surface area contributed by atoms with Gasteiger partial charge in [0.2, 0.25) is 47.3 Å². The number of primary amides is 1. The number of rotatable bonds is 41. The Labute approximate surface area is 460 Å². The number of carbonyl (C=O) groups excluding carboxylic acids is 9. The van der Waals surface area contributed by atoms with Crippen molar-refractivity contribution < 1.29 is 48.3 Å². The van der Waals surface area contributed by atoms with Gasteiger partial charge in [0.15, 0.2) is 17.7 Å². The van der Waals surface area contributed by atoms with Gasteiger partial charge in [-0.15, -0.1) is 0 Å². The fourth-order valence-corrected chi connectivity index (χ4v) is 8.66. The molecule has 8 amide bonds. The molecule has 0 aliphatic carbocycles. The number of carbonyl (C=O) groups is 9. The van der Waals surface area contributed by atoms with Crippen LogP contribution in [0.1, 0.15) is 108 Å². The molecule has 9 atom stereocenters. The molecule has 0 aromatic carbocycles. The van der Waals surface area contributed by atoms with E-state index in [1.165, 1.54) is 17.4 Å². The van der Waals surface area contributed by atoms with Gasteiger partial charge in [-0.1, -0.05) is 6.42 Å². The van der Waals surface area contributed by atoms with E-state index in [9.17, 15) is 48.3 Å². The first-order valence-electron chi connectivity index (χ1n) is 26.9. The van der Waals surface area contributed by atoms with E-state index in [1.807, 2.05) is 0 Å². The third-order valence-corrected chi connectivity index (χ3v) is 13.1. The number of Topliss-reactive ketones (excluding diaryl/α,β-unsaturated/α-hetero) is 1. The molecule has 0 bridgehead atoms. The van der Waals surface area contributed by atoms with Gasteiger partial charge in [0.05, 0.1) is 31.1 Å². The standard InChI is InChI=1S/C48H89N21O10/c49-17-3-1-10-30(53)41(74)68-39(37(71)24-52)45(78)66-32(13-7-21-61-48(57)58)42(75)62-26-38(72)64-33(12-5-19-51)46(79)69-22-8-14-35(69)44(77)67-34(23-29-25-59-27-63-29)43(76)65-31(11-2-4-18-50)36(70)16-15-28(40(54)73)9-6-20-60-47(55)56/h25,27-28,30-35,37,39,71H,1-24,26,49-53H2,(H2,54,73)(H,59,63)(H,62,75)(H,64,72)(H,65,76)(H,66,78)(H,67,77)(H,68,74)(H4,55,56,60)(H4,57,58,61)/t28?,30-,31-,32-,33+,34-,35-,37-,39-/m0/s1. The Morgan fingerprint density at radius 3 is 1.87 bits per heavy atom. The third kappa shape index (κ3) is 26.0. The summed E-state index contributed by atoms with van der Waals surface area (Å²) in [6.07, 6.45) is 5.58. The maximum absolute atomic E-state index is 14.3. The van der Waals surface area contributed by atoms with Gasteiger partial charge < -0.3 is 104 Å². The number of nitrogens with one attached hydrogen (secondary N) is 7. The van der Waals surface area contributed by atoms with Crippen LogP contribution in [0.3, 0.4) is 0 Å². The molecule has 31 heteroatoms. The lowest BCUT2D eigenvalue weighted by Gasteiger charge is -2.30. The number of nitrogens with two attached hydrogens (primary N) is 10. The molecule has 2 heterocycles. The molecule has 1 aromatic rings. The van der Waals surface area contributed by atoms with Crippen molar-refractivity contribution in [2.24, 2.45) is 73.2 Å². The Balaban J connectivity index is 2.27. The highest BCUT2D eigenvalue weighted by molar-refractivity contribution is 5.97. The largest absolute Gasteiger partial charge is 0.389 e. The number of aliphatic hydroxyl groups excluding tert-OH is 1. The number of hydrogen-bond donors (Lipinski definition) is 18. The van der Waals surface area contributed by atoms with Gasteiger partial charge in [-0.25, -0.2) is 4.98 Å². The average molecular weight is 1120 g/mol. The van der Waals surface area contributed by atoms with E-state index in [4.69, 9.17) is 57.3 Å². The topological polar surface area (TPSA) is 563 Å². The molecule has 79 heavy (non-hydrogen) atoms. The second-order valence-electron chi connectivity index (χ2n) is 19.4. The van der Waals surface area contributed by atoms with Crippen LogP contribution in [0, 0.1) is 5.92 Å². The quantitative estimate of drug-likeness (QED) is 0.0165. The summed E-state index contributed by atoms with van der Waals surface area (Å²) >= 11 is 0. The van der Waals surface area contributed by atoms with Gasteiger partial charge in [0.1, 0.15) is 30.2 Å². The molecule has 0 spiro atoms. The number of aromatic amines is 1. The van der Waals surface area contributed by atoms with Crippen LogP contribution in [-0.2, 0) is 49.6 Å². The van der Waals surface area contributed by atoms with Gasteiger partial charge >= 0.3 is 0 Å². The normalized spacial score (nSPS) is 16.1. The van der Waals surface area contributed by atoms with Crippen LogP contribution in [0.4, 0.5) is 0 Å². The number of aliphatic imine (C=N–C) groups is 2. The van der Waals surface area contributed by atoms with Crippen molar-refractivity contribution in [3.63, 3.8) is 0 Å². The van der Waals surface area contributed by atoms with Crippen LogP contribution in [0.5, 0.6) is 0 Å². The SMILES string of the molecule is NCCCC[C@H](NC(=O)[C@H](Cc1cnc[nH]1)NC(=O)[C@@H]1CCCN1C(=O)[C@@H](CCCN)NC(=O)CNC(=O)[C@H](CCCN=C(N)N)NC(=O)[C@@H](NC(=O)[C@@H](N)CCCCN)[C@@H](O)CN)C(=O)CCC(CCCN=C(N)N)C(N)=O. The number of amides is 8. The number of unbranched alkanes of at least 4 members (excludes halogenated alkanes) is 2. The molecule has 0 saturated carbocycles. The number of aliphatic hydroxyl groups is 1. The van der Waals surface area contributed by atoms with Crippen LogP contribution >= 0.6 is 0 Å². The van der Waals surface area contributed by atoms with Crippen LogP contribution in [0.2, 0.25) is 0 Å². The zero-order valence-corrected chi connectivity index (χ0v) is 45.2. The molecule has 0 radical (unpaired) electrons. The molecule has 1 aliphatic rings. The lowest BCUT2D eigenvalue weighted by Crippen LogP contribution is -2.61. The molecule has 1 aliphatic heterocycles. The molecular formula is C48H89N21O10. The molecule has 1 fully saturated rings. The first-order valence-corrected chi connectivity index (χ1v) is 26.9. The zero-order valence-electron chi connectivity index (χ0n) is 45.2. The molecule has 28 N–H and O–H groups in total. The van der Waals surface area contributed by atoms with Crippen molar-refractivity contribution in [1.82, 2.24) is 46.8 Å². The van der Waals surface area contributed by atoms with Crippen molar-refractivity contribution in [3.05, 3.63) is 18.2 Å². The van der Waals surface area contributed by atoms with Crippen molar-refractivity contribution in [3.8, 4) is 0 Å². The fraction of sp³-hybridized carbons (Fsp3) is 0.708. The lowest BCUT2D eigenvalue weighted by molar-refractivity contribution is -0.142. The minimum Gasteiger partial charge on any atom is -0.389 e. The van der Waals surface area contributed by atoms with Crippen LogP contribution in [0.25, 0.3) is 0 Å². The highest BCUT2D eigenvalue weighted by Gasteiger charge is 2.40. The summed E-state index contributed by atoms with van der Waals surface area (Å²) in [5.41, 5.74) is 56.5. The number of guanidine groups is 2. The predicted octanol–water partition coefficient (Wildman–Crippen LogP) is -7.31. The molecular weight excluding hydrogens is 1030 g/mol. The summed E-state index contributed by atoms with van der Waals surface area (Å²) in [6.45, 7) is 0.143. The van der Waals surface area contributed by atoms with E-state index < -0.39 is 115 Å². The zero-order chi connectivity index (χ0) is 58.9. The fourth-order valence-electron chi connectivity index (χ4n) is 8.66. The first-order chi connectivity index (χ1) is 37.7. The van der Waals surface area contributed by atoms with Gasteiger partial charge in [-0.3, -0.25) is 53.1 Å². The van der Waals surface area contributed by atoms with E-state index in [-0.39, 0.29) is 108 Å². The van der Waals surface area contributed by atoms with Gasteiger partial charge in [0.25, 0.3) is 0 Å². The van der Waals surface area contributed by atoms with Gasteiger partial charge in [-0.05, 0) is 110 Å². The lowest BCUT2D eigenvalue weighted by atomic mass is 9.92. The van der Waals surface area contributed by atoms with Crippen molar-refractivity contribution in [1.29, 1.82) is 0 Å². The minimum atomic E-state index is -1.62. The maximum atomic E-state index is 14.3. The van der Waals surface area contributed by atoms with Crippen LogP contribution < -0.4 is 89.2 Å². The Bertz CT molecular complexity index is 2140. The summed E-state index contributed by atoms with van der Waals surface area (Å²) in [5.74, 6) is -7.35. The number of aromatic nitrogens is 2. The third-order valence-electron chi connectivity index (χ3n) is 13.1. The number of ketones is 1. The molecule has 2 rings (SSSR count). The average Bonchev–Trinajstić information content (AvgIpc) is 4.15. The van der Waals surface area contributed by atoms with Crippen LogP contribution in [-0.4, -0.2) is 186 Å². The number of hydrogen-bond acceptors (Lipinski definition) is 18. The second kappa shape index (κ2) is 37.7. The summed E-state index contributed by atoms with van der Waals surface area (Å²) in [6, 6.07) is -8.63. The number of likely N-dealkylation sites (tertiary alicyclic amines) is 1. The van der Waals surface area contributed by atoms with Crippen molar-refractivity contribution in [2.75, 3.05) is 52.4 Å². The minimum absolute atomic E-state index is 0.0408. The van der Waals surface area contributed by atoms with E-state index in [0.29, 0.717) is 63.7 Å². The smallest absolute Gasteiger partial charge is 0.245 e. The van der Waals surface area contributed by atoms with E-state index >= 15 is 0 Å². The number of nitrogens with zero attached hydrogens (tertiary/aromatic N) is 4. The van der Waals surface area contributed by atoms with E-state index in [1.54, 1.807) is 0 Å². The highest BCUT2D eigenvalue weighted by atomic mass is 16.3. The molecule has 1 unspecified atom stereocenters. The van der Waals surface area contributed by atoms with Crippen molar-refractivity contribution in [2.45, 2.75) is 158 Å². The monoisotopic (exact) mass is 1120 g/mol. The summed E-state index contributed by atoms with van der Waals surface area (Å²) < 4.78 is 0. The Hall–Kier alpha value is -7.06. The molecule has 1 saturated heterocycles. The van der Waals surface area contributed by atoms with Gasteiger partial charge in [-0.2, -0.15) is 0 Å². The Morgan fingerprint density at radius 2 is 1.28 bits per heavy atom. The highest BCUT2D eigenvalue weighted by Crippen LogP contribution is 2.21. The maximum Gasteiger partial charge on any atom is 0.245 e. The second-order valence-corrected chi connectivity index (χ2v) is 19.4. The Kier molecular flexibility index (Phi) is 32.5. The van der Waals surface area contributed by atoms with E-state index in [0.717, 1.165) is 0 Å². The Morgan fingerprint density at radius 1 is 0.671 bits per heavy atom. The first kappa shape index (κ1) is 68.0.